The van der Waals surface area contributed by atoms with Crippen LogP contribution in [0.2, 0.25) is 0 Å². The third-order valence-electron chi connectivity index (χ3n) is 2.67. The minimum Gasteiger partial charge on any atom is -0.494 e. The summed E-state index contributed by atoms with van der Waals surface area (Å²) in [5.41, 5.74) is 0. The SMILES string of the molecule is C[C@H]1C[C@H](C)OC2=CC=CC=C[C@H]2C(=O)O1. The highest BCUT2D eigenvalue weighted by molar-refractivity contribution is 5.78. The van der Waals surface area contributed by atoms with Crippen molar-refractivity contribution in [3.63, 3.8) is 0 Å². The van der Waals surface area contributed by atoms with Gasteiger partial charge in [0.25, 0.3) is 0 Å². The van der Waals surface area contributed by atoms with Gasteiger partial charge in [0.05, 0.1) is 6.10 Å². The molecule has 2 rings (SSSR count). The van der Waals surface area contributed by atoms with Crippen molar-refractivity contribution in [3.05, 3.63) is 36.1 Å². The Morgan fingerprint density at radius 3 is 2.69 bits per heavy atom. The summed E-state index contributed by atoms with van der Waals surface area (Å²) < 4.78 is 11.1. The number of hydrogen-bond acceptors (Lipinski definition) is 3. The van der Waals surface area contributed by atoms with E-state index in [1.54, 1.807) is 0 Å². The number of fused-ring (bicyclic) bond motifs is 1. The van der Waals surface area contributed by atoms with Crippen LogP contribution in [-0.4, -0.2) is 18.2 Å². The van der Waals surface area contributed by atoms with E-state index >= 15 is 0 Å². The van der Waals surface area contributed by atoms with Crippen molar-refractivity contribution in [2.24, 2.45) is 5.92 Å². The molecular formula is C13H16O3. The average Bonchev–Trinajstić information content (AvgIpc) is 2.40. The number of ether oxygens (including phenoxy) is 2. The summed E-state index contributed by atoms with van der Waals surface area (Å²) in [4.78, 5) is 11.8. The van der Waals surface area contributed by atoms with Gasteiger partial charge in [-0.05, 0) is 19.9 Å². The zero-order chi connectivity index (χ0) is 11.5. The summed E-state index contributed by atoms with van der Waals surface area (Å²) in [6.07, 6.45) is 9.93. The molecule has 1 aliphatic heterocycles. The number of carbonyl (C=O) groups excluding carboxylic acids is 1. The van der Waals surface area contributed by atoms with Crippen LogP contribution >= 0.6 is 0 Å². The van der Waals surface area contributed by atoms with Crippen molar-refractivity contribution in [2.45, 2.75) is 32.5 Å². The molecule has 1 aliphatic carbocycles. The highest BCUT2D eigenvalue weighted by atomic mass is 16.6. The molecule has 16 heavy (non-hydrogen) atoms. The maximum absolute atomic E-state index is 11.8. The predicted molar refractivity (Wildman–Crippen MR) is 60.6 cm³/mol. The molecule has 0 amide bonds. The van der Waals surface area contributed by atoms with E-state index < -0.39 is 5.92 Å². The quantitative estimate of drug-likeness (QED) is 0.588. The lowest BCUT2D eigenvalue weighted by molar-refractivity contribution is -0.155. The maximum Gasteiger partial charge on any atom is 0.320 e. The van der Waals surface area contributed by atoms with Crippen LogP contribution in [0.4, 0.5) is 0 Å². The highest BCUT2D eigenvalue weighted by Crippen LogP contribution is 2.25. The first-order chi connectivity index (χ1) is 7.66. The summed E-state index contributed by atoms with van der Waals surface area (Å²) in [6, 6.07) is 0. The van der Waals surface area contributed by atoms with Crippen LogP contribution in [-0.2, 0) is 14.3 Å². The Bertz CT molecular complexity index is 365. The van der Waals surface area contributed by atoms with Gasteiger partial charge >= 0.3 is 5.97 Å². The lowest BCUT2D eigenvalue weighted by atomic mass is 10.1. The van der Waals surface area contributed by atoms with E-state index in [0.717, 1.165) is 6.42 Å². The molecule has 1 heterocycles. The molecule has 3 atom stereocenters. The second-order valence-electron chi connectivity index (χ2n) is 4.23. The van der Waals surface area contributed by atoms with Crippen molar-refractivity contribution >= 4 is 5.97 Å². The Labute approximate surface area is 95.4 Å². The number of cyclic esters (lactones) is 1. The largest absolute Gasteiger partial charge is 0.494 e. The highest BCUT2D eigenvalue weighted by Gasteiger charge is 2.29. The van der Waals surface area contributed by atoms with Gasteiger partial charge in [-0.3, -0.25) is 4.79 Å². The zero-order valence-electron chi connectivity index (χ0n) is 9.55. The molecule has 3 heteroatoms. The molecule has 0 radical (unpaired) electrons. The van der Waals surface area contributed by atoms with E-state index in [-0.39, 0.29) is 18.2 Å². The lowest BCUT2D eigenvalue weighted by Gasteiger charge is -2.27. The predicted octanol–water partition coefficient (Wildman–Crippen LogP) is 2.35. The number of rotatable bonds is 0. The Kier molecular flexibility index (Phi) is 3.13. The third-order valence-corrected chi connectivity index (χ3v) is 2.67. The Morgan fingerprint density at radius 1 is 1.12 bits per heavy atom. The van der Waals surface area contributed by atoms with Crippen LogP contribution in [0.15, 0.2) is 36.1 Å². The fourth-order valence-corrected chi connectivity index (χ4v) is 1.96. The van der Waals surface area contributed by atoms with Crippen molar-refractivity contribution in [1.82, 2.24) is 0 Å². The second-order valence-corrected chi connectivity index (χ2v) is 4.23. The van der Waals surface area contributed by atoms with Crippen LogP contribution in [0.3, 0.4) is 0 Å². The number of carbonyl (C=O) groups is 1. The number of allylic oxidation sites excluding steroid dienone is 4. The molecule has 0 aromatic heterocycles. The molecule has 0 bridgehead atoms. The normalized spacial score (nSPS) is 33.8. The van der Waals surface area contributed by atoms with Crippen LogP contribution in [0.25, 0.3) is 0 Å². The van der Waals surface area contributed by atoms with Gasteiger partial charge in [-0.15, -0.1) is 0 Å². The molecule has 1 fully saturated rings. The summed E-state index contributed by atoms with van der Waals surface area (Å²) in [5, 5.41) is 0. The van der Waals surface area contributed by atoms with Crippen molar-refractivity contribution in [3.8, 4) is 0 Å². The van der Waals surface area contributed by atoms with Gasteiger partial charge in [-0.2, -0.15) is 0 Å². The van der Waals surface area contributed by atoms with Gasteiger partial charge in [-0.25, -0.2) is 0 Å². The van der Waals surface area contributed by atoms with Crippen LogP contribution in [0.5, 0.6) is 0 Å². The zero-order valence-corrected chi connectivity index (χ0v) is 9.55. The smallest absolute Gasteiger partial charge is 0.320 e. The molecule has 2 aliphatic rings. The Balaban J connectivity index is 2.27. The molecule has 0 saturated carbocycles. The van der Waals surface area contributed by atoms with Crippen molar-refractivity contribution < 1.29 is 14.3 Å². The summed E-state index contributed by atoms with van der Waals surface area (Å²) in [5.74, 6) is 0.0419. The first-order valence-corrected chi connectivity index (χ1v) is 5.59. The third kappa shape index (κ3) is 2.35. The minimum absolute atomic E-state index is 0.0664. The van der Waals surface area contributed by atoms with Crippen LogP contribution in [0, 0.1) is 5.92 Å². The first kappa shape index (κ1) is 11.0. The van der Waals surface area contributed by atoms with Crippen LogP contribution in [0.1, 0.15) is 20.3 Å². The van der Waals surface area contributed by atoms with E-state index in [1.807, 2.05) is 44.2 Å². The summed E-state index contributed by atoms with van der Waals surface area (Å²) >= 11 is 0. The van der Waals surface area contributed by atoms with Crippen LogP contribution < -0.4 is 0 Å². The molecule has 0 aromatic carbocycles. The molecule has 0 spiro atoms. The molecule has 3 nitrogen and oxygen atoms in total. The van der Waals surface area contributed by atoms with Gasteiger partial charge in [-0.1, -0.05) is 24.3 Å². The van der Waals surface area contributed by atoms with Crippen molar-refractivity contribution in [2.75, 3.05) is 0 Å². The van der Waals surface area contributed by atoms with Gasteiger partial charge in [0, 0.05) is 6.42 Å². The van der Waals surface area contributed by atoms with E-state index in [1.165, 1.54) is 0 Å². The van der Waals surface area contributed by atoms with E-state index in [0.29, 0.717) is 5.76 Å². The molecule has 0 unspecified atom stereocenters. The van der Waals surface area contributed by atoms with E-state index in [9.17, 15) is 4.79 Å². The maximum atomic E-state index is 11.8. The number of hydrogen-bond donors (Lipinski definition) is 0. The summed E-state index contributed by atoms with van der Waals surface area (Å²) in [7, 11) is 0. The van der Waals surface area contributed by atoms with Gasteiger partial charge in [0.1, 0.15) is 17.8 Å². The van der Waals surface area contributed by atoms with Gasteiger partial charge in [0.2, 0.25) is 0 Å². The first-order valence-electron chi connectivity index (χ1n) is 5.59. The molecular weight excluding hydrogens is 204 g/mol. The molecule has 1 saturated heterocycles. The molecule has 86 valence electrons. The molecule has 0 aromatic rings. The van der Waals surface area contributed by atoms with E-state index in [2.05, 4.69) is 0 Å². The fraction of sp³-hybridized carbons (Fsp3) is 0.462. The standard InChI is InChI=1S/C13H16O3/c1-9-8-10(2)16-13(14)11-6-4-3-5-7-12(11)15-9/h3-7,9-11H,8H2,1-2H3/t9-,10-,11+/m0/s1. The molecule has 0 N–H and O–H groups in total. The monoisotopic (exact) mass is 220 g/mol. The second kappa shape index (κ2) is 4.56. The fourth-order valence-electron chi connectivity index (χ4n) is 1.96. The minimum atomic E-state index is -0.403. The Hall–Kier alpha value is -1.51. The van der Waals surface area contributed by atoms with Gasteiger partial charge < -0.3 is 9.47 Å². The van der Waals surface area contributed by atoms with Crippen molar-refractivity contribution in [1.29, 1.82) is 0 Å². The van der Waals surface area contributed by atoms with E-state index in [4.69, 9.17) is 9.47 Å². The topological polar surface area (TPSA) is 35.5 Å². The number of esters is 1. The average molecular weight is 220 g/mol. The summed E-state index contributed by atoms with van der Waals surface area (Å²) in [6.45, 7) is 3.89. The lowest BCUT2D eigenvalue weighted by Crippen LogP contribution is -2.31. The van der Waals surface area contributed by atoms with Gasteiger partial charge in [0.15, 0.2) is 0 Å². The Morgan fingerprint density at radius 2 is 1.88 bits per heavy atom.